The summed E-state index contributed by atoms with van der Waals surface area (Å²) in [5.41, 5.74) is 2.15. The third-order valence-corrected chi connectivity index (χ3v) is 14.4. The maximum atomic E-state index is 14.2. The van der Waals surface area contributed by atoms with E-state index in [0.717, 1.165) is 11.1 Å². The van der Waals surface area contributed by atoms with E-state index in [4.69, 9.17) is 0 Å². The Bertz CT molecular complexity index is 921. The number of nitrogens with zero attached hydrogens (tertiary/aromatic N) is 2. The Labute approximate surface area is 194 Å². The van der Waals surface area contributed by atoms with Crippen LogP contribution >= 0.6 is 0 Å². The number of benzene rings is 2. The number of hydrogen-bond acceptors (Lipinski definition) is 2. The van der Waals surface area contributed by atoms with Gasteiger partial charge in [-0.15, -0.1) is 0 Å². The van der Waals surface area contributed by atoms with Gasteiger partial charge in [0.15, 0.2) is 8.24 Å². The summed E-state index contributed by atoms with van der Waals surface area (Å²) in [6.45, 7) is 15.8. The quantitative estimate of drug-likeness (QED) is 0.335. The Morgan fingerprint density at radius 1 is 0.750 bits per heavy atom. The van der Waals surface area contributed by atoms with Crippen molar-refractivity contribution in [1.82, 2.24) is 9.47 Å². The number of urea groups is 1. The molecule has 4 nitrogen and oxygen atoms in total. The summed E-state index contributed by atoms with van der Waals surface area (Å²) in [6, 6.07) is 19.8. The highest BCUT2D eigenvalue weighted by atomic mass is 28.3. The first-order valence-corrected chi connectivity index (χ1v) is 14.0. The monoisotopic (exact) mass is 450 g/mol. The molecule has 0 aromatic heterocycles. The van der Waals surface area contributed by atoms with E-state index in [2.05, 4.69) is 58.2 Å². The smallest absolute Gasteiger partial charge is 0.319 e. The Kier molecular flexibility index (Phi) is 6.99. The van der Waals surface area contributed by atoms with Gasteiger partial charge in [0.25, 0.3) is 5.91 Å². The van der Waals surface area contributed by atoms with Crippen LogP contribution < -0.4 is 0 Å². The molecular weight excluding hydrogens is 412 g/mol. The van der Waals surface area contributed by atoms with Crippen LogP contribution in [0.3, 0.4) is 0 Å². The van der Waals surface area contributed by atoms with Crippen molar-refractivity contribution in [1.29, 1.82) is 0 Å². The van der Waals surface area contributed by atoms with Crippen molar-refractivity contribution < 1.29 is 9.59 Å². The summed E-state index contributed by atoms with van der Waals surface area (Å²) in [5, 5.41) is 0. The first kappa shape index (κ1) is 24.2. The molecule has 1 unspecified atom stereocenters. The summed E-state index contributed by atoms with van der Waals surface area (Å²) in [5.74, 6) is -0.0750. The second-order valence-corrected chi connectivity index (χ2v) is 16.0. The lowest BCUT2D eigenvalue weighted by atomic mass is 9.92. The second-order valence-electron chi connectivity index (χ2n) is 10.3. The van der Waals surface area contributed by atoms with Crippen LogP contribution in [0, 0.1) is 0 Å². The maximum Gasteiger partial charge on any atom is 0.319 e. The third-order valence-electron chi connectivity index (χ3n) is 7.36. The zero-order valence-corrected chi connectivity index (χ0v) is 21.6. The van der Waals surface area contributed by atoms with Gasteiger partial charge in [0.1, 0.15) is 5.54 Å². The normalized spacial score (nSPS) is 19.7. The molecule has 0 saturated carbocycles. The summed E-state index contributed by atoms with van der Waals surface area (Å²) >= 11 is 0. The molecule has 3 rings (SSSR count). The van der Waals surface area contributed by atoms with Crippen LogP contribution in [0.1, 0.15) is 59.6 Å². The Morgan fingerprint density at radius 2 is 1.19 bits per heavy atom. The highest BCUT2D eigenvalue weighted by Gasteiger charge is 2.64. The molecule has 1 aliphatic heterocycles. The molecule has 0 spiro atoms. The summed E-state index contributed by atoms with van der Waals surface area (Å²) in [7, 11) is -2.43. The molecule has 172 valence electrons. The zero-order valence-electron chi connectivity index (χ0n) is 20.6. The predicted molar refractivity (Wildman–Crippen MR) is 134 cm³/mol. The zero-order chi connectivity index (χ0) is 23.7. The molecule has 3 amide bonds. The minimum Gasteiger partial charge on any atom is -0.336 e. The van der Waals surface area contributed by atoms with Crippen molar-refractivity contribution >= 4 is 20.2 Å². The second kappa shape index (κ2) is 9.22. The van der Waals surface area contributed by atoms with E-state index < -0.39 is 13.8 Å². The molecule has 1 atom stereocenters. The molecular formula is C27H38N2O2Si. The summed E-state index contributed by atoms with van der Waals surface area (Å²) < 4.78 is 2.11. The average molecular weight is 451 g/mol. The van der Waals surface area contributed by atoms with Gasteiger partial charge >= 0.3 is 6.03 Å². The largest absolute Gasteiger partial charge is 0.336 e. The van der Waals surface area contributed by atoms with E-state index in [1.54, 1.807) is 0 Å². The van der Waals surface area contributed by atoms with Crippen LogP contribution in [-0.4, -0.2) is 35.2 Å². The highest BCUT2D eigenvalue weighted by molar-refractivity contribution is 6.83. The van der Waals surface area contributed by atoms with Gasteiger partial charge in [-0.1, -0.05) is 102 Å². The number of hydrogen-bond donors (Lipinski definition) is 0. The molecule has 2 aromatic rings. The molecule has 2 aromatic carbocycles. The highest BCUT2D eigenvalue weighted by Crippen LogP contribution is 2.50. The van der Waals surface area contributed by atoms with Crippen LogP contribution in [0.2, 0.25) is 16.6 Å². The molecule has 0 bridgehead atoms. The summed E-state index contributed by atoms with van der Waals surface area (Å²) in [6.07, 6.45) is 0.532. The fraction of sp³-hybridized carbons (Fsp3) is 0.481. The van der Waals surface area contributed by atoms with Crippen LogP contribution in [0.15, 0.2) is 60.7 Å². The van der Waals surface area contributed by atoms with Crippen molar-refractivity contribution in [3.05, 3.63) is 71.8 Å². The lowest BCUT2D eigenvalue weighted by Crippen LogP contribution is -2.68. The fourth-order valence-corrected chi connectivity index (χ4v) is 13.3. The lowest BCUT2D eigenvalue weighted by molar-refractivity contribution is -0.132. The van der Waals surface area contributed by atoms with Crippen LogP contribution in [-0.2, 0) is 17.8 Å². The van der Waals surface area contributed by atoms with E-state index in [1.807, 2.05) is 55.5 Å². The third kappa shape index (κ3) is 3.92. The standard InChI is InChI=1S/C27H38N2O2Si/c1-20(2)32(21(3)4,22(5)6)29-26(31)28(19-24-16-12-9-13-17-24)25(30)27(29,7)18-23-14-10-8-11-15-23/h8-17,20-22H,18-19H2,1-7H3. The van der Waals surface area contributed by atoms with Gasteiger partial charge in [0.2, 0.25) is 0 Å². The molecule has 1 fully saturated rings. The summed E-state index contributed by atoms with van der Waals surface area (Å²) in [4.78, 5) is 29.7. The molecule has 1 saturated heterocycles. The SMILES string of the molecule is CC(C)[Si](C(C)C)(C(C)C)N1C(=O)N(Cc2ccccc2)C(=O)C1(C)Cc1ccccc1. The van der Waals surface area contributed by atoms with Crippen LogP contribution in [0.25, 0.3) is 0 Å². The van der Waals surface area contributed by atoms with Gasteiger partial charge in [-0.05, 0) is 34.7 Å². The Balaban J connectivity index is 2.17. The Morgan fingerprint density at radius 3 is 1.62 bits per heavy atom. The van der Waals surface area contributed by atoms with Crippen LogP contribution in [0.5, 0.6) is 0 Å². The van der Waals surface area contributed by atoms with Gasteiger partial charge in [-0.25, -0.2) is 4.79 Å². The fourth-order valence-electron chi connectivity index (χ4n) is 6.23. The number of carbonyl (C=O) groups is 2. The van der Waals surface area contributed by atoms with Crippen molar-refractivity contribution in [3.63, 3.8) is 0 Å². The van der Waals surface area contributed by atoms with Crippen molar-refractivity contribution in [2.45, 2.75) is 83.6 Å². The number of rotatable bonds is 8. The topological polar surface area (TPSA) is 40.6 Å². The van der Waals surface area contributed by atoms with Gasteiger partial charge < -0.3 is 4.57 Å². The van der Waals surface area contributed by atoms with Crippen molar-refractivity contribution in [3.8, 4) is 0 Å². The minimum absolute atomic E-state index is 0.0750. The van der Waals surface area contributed by atoms with Gasteiger partial charge in [0.05, 0.1) is 6.54 Å². The van der Waals surface area contributed by atoms with E-state index >= 15 is 0 Å². The van der Waals surface area contributed by atoms with Gasteiger partial charge in [0, 0.05) is 6.42 Å². The van der Waals surface area contributed by atoms with Crippen LogP contribution in [0.4, 0.5) is 4.79 Å². The Hall–Kier alpha value is -2.40. The lowest BCUT2D eigenvalue weighted by Gasteiger charge is -2.53. The minimum atomic E-state index is -2.43. The molecule has 0 radical (unpaired) electrons. The average Bonchev–Trinajstić information content (AvgIpc) is 2.91. The maximum absolute atomic E-state index is 14.2. The molecule has 0 aliphatic carbocycles. The number of amides is 3. The molecule has 5 heteroatoms. The van der Waals surface area contributed by atoms with E-state index in [1.165, 1.54) is 4.90 Å². The van der Waals surface area contributed by atoms with E-state index in [9.17, 15) is 9.59 Å². The number of carbonyl (C=O) groups excluding carboxylic acids is 2. The molecule has 1 aliphatic rings. The van der Waals surface area contributed by atoms with Gasteiger partial charge in [-0.2, -0.15) is 0 Å². The van der Waals surface area contributed by atoms with Gasteiger partial charge in [-0.3, -0.25) is 9.69 Å². The molecule has 1 heterocycles. The van der Waals surface area contributed by atoms with Crippen molar-refractivity contribution in [2.75, 3.05) is 0 Å². The van der Waals surface area contributed by atoms with E-state index in [-0.39, 0.29) is 11.9 Å². The molecule has 0 N–H and O–H groups in total. The van der Waals surface area contributed by atoms with E-state index in [0.29, 0.717) is 29.6 Å². The predicted octanol–water partition coefficient (Wildman–Crippen LogP) is 6.63. The first-order valence-electron chi connectivity index (χ1n) is 11.8. The number of imide groups is 1. The first-order chi connectivity index (χ1) is 15.1. The van der Waals surface area contributed by atoms with Crippen molar-refractivity contribution in [2.24, 2.45) is 0 Å². The molecule has 32 heavy (non-hydrogen) atoms.